The largest absolute Gasteiger partial charge is 0.423 e. The van der Waals surface area contributed by atoms with E-state index in [4.69, 9.17) is 9.84 Å². The Morgan fingerprint density at radius 3 is 2.69 bits per heavy atom. The predicted molar refractivity (Wildman–Crippen MR) is 42.4 cm³/mol. The standard InChI is InChI=1S/C9H6O4/c10-7-5-3-1-2-4-6(5)13-9(12)8(7)11/h1-4,8,11H. The van der Waals surface area contributed by atoms with Crippen molar-refractivity contribution in [3.63, 3.8) is 0 Å². The summed E-state index contributed by atoms with van der Waals surface area (Å²) in [6.45, 7) is 0. The molecule has 1 atom stereocenters. The maximum absolute atomic E-state index is 11.3. The summed E-state index contributed by atoms with van der Waals surface area (Å²) < 4.78 is 4.70. The van der Waals surface area contributed by atoms with Crippen LogP contribution in [-0.2, 0) is 4.79 Å². The van der Waals surface area contributed by atoms with Gasteiger partial charge in [-0.15, -0.1) is 0 Å². The number of ether oxygens (including phenoxy) is 1. The molecule has 1 N–H and O–H groups in total. The molecule has 0 saturated carbocycles. The van der Waals surface area contributed by atoms with Crippen LogP contribution < -0.4 is 4.74 Å². The Kier molecular flexibility index (Phi) is 1.63. The van der Waals surface area contributed by atoms with Gasteiger partial charge in [0.1, 0.15) is 5.75 Å². The van der Waals surface area contributed by atoms with Gasteiger partial charge in [0.25, 0.3) is 0 Å². The number of esters is 1. The Bertz CT molecular complexity index is 383. The molecule has 66 valence electrons. The second kappa shape index (κ2) is 2.67. The first-order valence-electron chi connectivity index (χ1n) is 3.73. The molecular weight excluding hydrogens is 172 g/mol. The maximum atomic E-state index is 11.3. The molecule has 0 spiro atoms. The fraction of sp³-hybridized carbons (Fsp3) is 0.111. The third-order valence-electron chi connectivity index (χ3n) is 1.83. The summed E-state index contributed by atoms with van der Waals surface area (Å²) in [6, 6.07) is 6.31. The summed E-state index contributed by atoms with van der Waals surface area (Å²) in [7, 11) is 0. The Balaban J connectivity index is 2.55. The Morgan fingerprint density at radius 2 is 1.92 bits per heavy atom. The number of hydrogen-bond acceptors (Lipinski definition) is 4. The number of ketones is 1. The van der Waals surface area contributed by atoms with Crippen molar-refractivity contribution in [3.8, 4) is 5.75 Å². The fourth-order valence-electron chi connectivity index (χ4n) is 1.18. The zero-order valence-corrected chi connectivity index (χ0v) is 6.56. The normalized spacial score (nSPS) is 20.8. The molecule has 0 aromatic heterocycles. The molecule has 1 aromatic rings. The second-order valence-corrected chi connectivity index (χ2v) is 2.68. The van der Waals surface area contributed by atoms with Crippen molar-refractivity contribution >= 4 is 11.8 Å². The van der Waals surface area contributed by atoms with Gasteiger partial charge < -0.3 is 9.84 Å². The Morgan fingerprint density at radius 1 is 1.23 bits per heavy atom. The van der Waals surface area contributed by atoms with Crippen LogP contribution in [0, 0.1) is 0 Å². The zero-order valence-electron chi connectivity index (χ0n) is 6.56. The van der Waals surface area contributed by atoms with Gasteiger partial charge in [-0.3, -0.25) is 4.79 Å². The van der Waals surface area contributed by atoms with Crippen LogP contribution in [0.2, 0.25) is 0 Å². The highest BCUT2D eigenvalue weighted by Crippen LogP contribution is 2.24. The molecular formula is C9H6O4. The molecule has 0 aliphatic carbocycles. The highest BCUT2D eigenvalue weighted by molar-refractivity contribution is 6.15. The van der Waals surface area contributed by atoms with Gasteiger partial charge in [0.2, 0.25) is 11.9 Å². The SMILES string of the molecule is O=C1Oc2ccccc2C(=O)C1O. The molecule has 1 aliphatic heterocycles. The zero-order chi connectivity index (χ0) is 9.42. The van der Waals surface area contributed by atoms with E-state index in [1.807, 2.05) is 0 Å². The number of rotatable bonds is 0. The van der Waals surface area contributed by atoms with Crippen molar-refractivity contribution in [3.05, 3.63) is 29.8 Å². The van der Waals surface area contributed by atoms with Crippen LogP contribution in [-0.4, -0.2) is 23.0 Å². The molecule has 4 nitrogen and oxygen atoms in total. The van der Waals surface area contributed by atoms with Crippen LogP contribution in [0.4, 0.5) is 0 Å². The molecule has 1 aliphatic rings. The smallest absolute Gasteiger partial charge is 0.348 e. The van der Waals surface area contributed by atoms with Gasteiger partial charge in [-0.25, -0.2) is 4.79 Å². The van der Waals surface area contributed by atoms with Crippen LogP contribution in [0.3, 0.4) is 0 Å². The topological polar surface area (TPSA) is 63.6 Å². The lowest BCUT2D eigenvalue weighted by Gasteiger charge is -2.17. The van der Waals surface area contributed by atoms with E-state index in [0.717, 1.165) is 0 Å². The molecule has 0 amide bonds. The summed E-state index contributed by atoms with van der Waals surface area (Å²) in [4.78, 5) is 22.2. The van der Waals surface area contributed by atoms with Crippen LogP contribution in [0.5, 0.6) is 5.75 Å². The molecule has 1 aromatic carbocycles. The van der Waals surface area contributed by atoms with Crippen molar-refractivity contribution in [2.75, 3.05) is 0 Å². The number of Topliss-reactive ketones (excluding diaryl/α,β-unsaturated/α-hetero) is 1. The molecule has 4 heteroatoms. The summed E-state index contributed by atoms with van der Waals surface area (Å²) in [5, 5.41) is 9.07. The minimum atomic E-state index is -1.67. The van der Waals surface area contributed by atoms with Crippen LogP contribution in [0.25, 0.3) is 0 Å². The first kappa shape index (κ1) is 7.94. The monoisotopic (exact) mass is 178 g/mol. The molecule has 0 bridgehead atoms. The van der Waals surface area contributed by atoms with Crippen molar-refractivity contribution in [1.82, 2.24) is 0 Å². The second-order valence-electron chi connectivity index (χ2n) is 2.68. The van der Waals surface area contributed by atoms with Crippen LogP contribution in [0.15, 0.2) is 24.3 Å². The maximum Gasteiger partial charge on any atom is 0.348 e. The van der Waals surface area contributed by atoms with E-state index in [9.17, 15) is 9.59 Å². The number of carbonyl (C=O) groups is 2. The minimum Gasteiger partial charge on any atom is -0.423 e. The summed E-state index contributed by atoms with van der Waals surface area (Å²) in [6.07, 6.45) is -1.67. The number of fused-ring (bicyclic) bond motifs is 1. The van der Waals surface area contributed by atoms with Crippen LogP contribution in [0.1, 0.15) is 10.4 Å². The number of aliphatic hydroxyl groups is 1. The number of carbonyl (C=O) groups excluding carboxylic acids is 2. The van der Waals surface area contributed by atoms with E-state index in [0.29, 0.717) is 0 Å². The van der Waals surface area contributed by atoms with Gasteiger partial charge in [-0.2, -0.15) is 0 Å². The lowest BCUT2D eigenvalue weighted by Crippen LogP contribution is -2.37. The first-order chi connectivity index (χ1) is 6.20. The molecule has 1 heterocycles. The molecule has 13 heavy (non-hydrogen) atoms. The van der Waals surface area contributed by atoms with Crippen molar-refractivity contribution in [2.24, 2.45) is 0 Å². The van der Waals surface area contributed by atoms with Gasteiger partial charge in [0, 0.05) is 0 Å². The Labute approximate surface area is 73.8 Å². The van der Waals surface area contributed by atoms with E-state index in [2.05, 4.69) is 0 Å². The first-order valence-corrected chi connectivity index (χ1v) is 3.73. The van der Waals surface area contributed by atoms with Gasteiger partial charge in [-0.1, -0.05) is 12.1 Å². The number of benzene rings is 1. The number of para-hydroxylation sites is 1. The van der Waals surface area contributed by atoms with E-state index >= 15 is 0 Å². The molecule has 0 saturated heterocycles. The van der Waals surface area contributed by atoms with Gasteiger partial charge in [0.05, 0.1) is 5.56 Å². The molecule has 1 unspecified atom stereocenters. The number of aliphatic hydroxyl groups excluding tert-OH is 1. The van der Waals surface area contributed by atoms with Crippen molar-refractivity contribution in [2.45, 2.75) is 6.10 Å². The average Bonchev–Trinajstić information content (AvgIpc) is 2.15. The lowest BCUT2D eigenvalue weighted by molar-refractivity contribution is -0.142. The Hall–Kier alpha value is -1.68. The third kappa shape index (κ3) is 1.11. The highest BCUT2D eigenvalue weighted by Gasteiger charge is 2.34. The van der Waals surface area contributed by atoms with Crippen molar-refractivity contribution < 1.29 is 19.4 Å². The average molecular weight is 178 g/mol. The predicted octanol–water partition coefficient (Wildman–Crippen LogP) is 0.149. The highest BCUT2D eigenvalue weighted by atomic mass is 16.6. The number of hydrogen-bond donors (Lipinski definition) is 1. The summed E-state index contributed by atoms with van der Waals surface area (Å²) >= 11 is 0. The molecule has 0 fully saturated rings. The minimum absolute atomic E-state index is 0.211. The van der Waals surface area contributed by atoms with Crippen molar-refractivity contribution in [1.29, 1.82) is 0 Å². The fourth-order valence-corrected chi connectivity index (χ4v) is 1.18. The quantitative estimate of drug-likeness (QED) is 0.349. The third-order valence-corrected chi connectivity index (χ3v) is 1.83. The van der Waals surface area contributed by atoms with E-state index in [-0.39, 0.29) is 11.3 Å². The van der Waals surface area contributed by atoms with Gasteiger partial charge >= 0.3 is 5.97 Å². The van der Waals surface area contributed by atoms with E-state index < -0.39 is 17.9 Å². The molecule has 2 rings (SSSR count). The lowest BCUT2D eigenvalue weighted by atomic mass is 10.0. The van der Waals surface area contributed by atoms with Gasteiger partial charge in [-0.05, 0) is 12.1 Å². The van der Waals surface area contributed by atoms with E-state index in [1.165, 1.54) is 12.1 Å². The van der Waals surface area contributed by atoms with Crippen LogP contribution >= 0.6 is 0 Å². The van der Waals surface area contributed by atoms with E-state index in [1.54, 1.807) is 12.1 Å². The van der Waals surface area contributed by atoms with Gasteiger partial charge in [0.15, 0.2) is 0 Å². The summed E-state index contributed by atoms with van der Waals surface area (Å²) in [5.41, 5.74) is 0.245. The molecule has 0 radical (unpaired) electrons. The summed E-state index contributed by atoms with van der Waals surface area (Å²) in [5.74, 6) is -1.31.